The zero-order valence-electron chi connectivity index (χ0n) is 9.65. The minimum atomic E-state index is -1.04. The first-order chi connectivity index (χ1) is 7.62. The maximum absolute atomic E-state index is 11.9. The number of nitrogens with zero attached hydrogens (tertiary/aromatic N) is 2. The van der Waals surface area contributed by atoms with E-state index in [0.717, 1.165) is 18.7 Å². The Bertz CT molecular complexity index is 378. The molecule has 1 aliphatic carbocycles. The molecular weight excluding hydrogens is 204 g/mol. The molecule has 1 heterocycles. The molecule has 0 amide bonds. The van der Waals surface area contributed by atoms with Crippen LogP contribution in [-0.2, 0) is 18.3 Å². The highest BCUT2D eigenvalue weighted by Gasteiger charge is 2.37. The molecule has 88 valence electrons. The summed E-state index contributed by atoms with van der Waals surface area (Å²) in [7, 11) is 1.91. The van der Waals surface area contributed by atoms with E-state index in [1.165, 1.54) is 0 Å². The van der Waals surface area contributed by atoms with Crippen molar-refractivity contribution in [2.75, 3.05) is 0 Å². The minimum Gasteiger partial charge on any atom is -0.382 e. The van der Waals surface area contributed by atoms with Gasteiger partial charge in [0.25, 0.3) is 0 Å². The normalized spacial score (nSPS) is 18.9. The molecule has 0 unspecified atom stereocenters. The molecule has 1 aliphatic rings. The third-order valence-electron chi connectivity index (χ3n) is 3.45. The summed E-state index contributed by atoms with van der Waals surface area (Å²) in [5.41, 5.74) is -1.04. The quantitative estimate of drug-likeness (QED) is 0.833. The number of hydrogen-bond donors (Lipinski definition) is 1. The SMILES string of the molecule is Cn1ccnc1CCC(=O)C1(O)CCCC1. The predicted molar refractivity (Wildman–Crippen MR) is 60.0 cm³/mol. The van der Waals surface area contributed by atoms with Crippen LogP contribution in [0.3, 0.4) is 0 Å². The highest BCUT2D eigenvalue weighted by Crippen LogP contribution is 2.31. The largest absolute Gasteiger partial charge is 0.382 e. The van der Waals surface area contributed by atoms with Gasteiger partial charge in [0.05, 0.1) is 0 Å². The van der Waals surface area contributed by atoms with Crippen LogP contribution in [0, 0.1) is 0 Å². The fraction of sp³-hybridized carbons (Fsp3) is 0.667. The van der Waals surface area contributed by atoms with Crippen LogP contribution in [-0.4, -0.2) is 26.0 Å². The molecule has 1 aromatic heterocycles. The summed E-state index contributed by atoms with van der Waals surface area (Å²) in [6, 6.07) is 0. The van der Waals surface area contributed by atoms with E-state index in [1.54, 1.807) is 6.20 Å². The van der Waals surface area contributed by atoms with Gasteiger partial charge in [0.1, 0.15) is 11.4 Å². The second-order valence-corrected chi connectivity index (χ2v) is 4.62. The molecule has 0 bridgehead atoms. The van der Waals surface area contributed by atoms with Crippen molar-refractivity contribution < 1.29 is 9.90 Å². The first-order valence-corrected chi connectivity index (χ1v) is 5.84. The zero-order valence-corrected chi connectivity index (χ0v) is 9.65. The molecule has 16 heavy (non-hydrogen) atoms. The van der Waals surface area contributed by atoms with Crippen molar-refractivity contribution >= 4 is 5.78 Å². The molecule has 1 fully saturated rings. The van der Waals surface area contributed by atoms with Crippen molar-refractivity contribution in [2.45, 2.75) is 44.1 Å². The molecular formula is C12H18N2O2. The monoisotopic (exact) mass is 222 g/mol. The fourth-order valence-corrected chi connectivity index (χ4v) is 2.33. The summed E-state index contributed by atoms with van der Waals surface area (Å²) in [5, 5.41) is 10.1. The van der Waals surface area contributed by atoms with Gasteiger partial charge < -0.3 is 9.67 Å². The molecule has 4 nitrogen and oxygen atoms in total. The van der Waals surface area contributed by atoms with Gasteiger partial charge in [0.15, 0.2) is 5.78 Å². The van der Waals surface area contributed by atoms with Gasteiger partial charge >= 0.3 is 0 Å². The number of ketones is 1. The Morgan fingerprint density at radius 2 is 2.25 bits per heavy atom. The fourth-order valence-electron chi connectivity index (χ4n) is 2.33. The van der Waals surface area contributed by atoms with Crippen molar-refractivity contribution in [3.8, 4) is 0 Å². The molecule has 2 rings (SSSR count). The zero-order chi connectivity index (χ0) is 11.6. The van der Waals surface area contributed by atoms with Crippen LogP contribution in [0.15, 0.2) is 12.4 Å². The van der Waals surface area contributed by atoms with E-state index in [2.05, 4.69) is 4.98 Å². The third kappa shape index (κ3) is 2.16. The molecule has 0 radical (unpaired) electrons. The van der Waals surface area contributed by atoms with Crippen LogP contribution >= 0.6 is 0 Å². The average molecular weight is 222 g/mol. The summed E-state index contributed by atoms with van der Waals surface area (Å²) < 4.78 is 1.91. The lowest BCUT2D eigenvalue weighted by Gasteiger charge is -2.19. The number of hydrogen-bond acceptors (Lipinski definition) is 3. The first kappa shape index (κ1) is 11.3. The van der Waals surface area contributed by atoms with E-state index in [1.807, 2.05) is 17.8 Å². The molecule has 0 aliphatic heterocycles. The van der Waals surface area contributed by atoms with E-state index >= 15 is 0 Å². The van der Waals surface area contributed by atoms with E-state index in [9.17, 15) is 9.90 Å². The van der Waals surface area contributed by atoms with E-state index in [4.69, 9.17) is 0 Å². The van der Waals surface area contributed by atoms with Crippen LogP contribution in [0.4, 0.5) is 0 Å². The molecule has 1 N–H and O–H groups in total. The maximum atomic E-state index is 11.9. The summed E-state index contributed by atoms with van der Waals surface area (Å²) >= 11 is 0. The Morgan fingerprint density at radius 1 is 1.56 bits per heavy atom. The van der Waals surface area contributed by atoms with E-state index < -0.39 is 5.60 Å². The van der Waals surface area contributed by atoms with Gasteiger partial charge in [-0.3, -0.25) is 4.79 Å². The summed E-state index contributed by atoms with van der Waals surface area (Å²) in [4.78, 5) is 16.1. The Hall–Kier alpha value is -1.16. The van der Waals surface area contributed by atoms with Gasteiger partial charge in [-0.2, -0.15) is 0 Å². The second-order valence-electron chi connectivity index (χ2n) is 4.62. The van der Waals surface area contributed by atoms with Crippen LogP contribution < -0.4 is 0 Å². The Labute approximate surface area is 95.3 Å². The molecule has 0 atom stereocenters. The minimum absolute atomic E-state index is 0.0204. The Balaban J connectivity index is 1.91. The van der Waals surface area contributed by atoms with Gasteiger partial charge in [-0.05, 0) is 25.7 Å². The van der Waals surface area contributed by atoms with Crippen molar-refractivity contribution in [1.82, 2.24) is 9.55 Å². The van der Waals surface area contributed by atoms with Crippen LogP contribution in [0.25, 0.3) is 0 Å². The van der Waals surface area contributed by atoms with Crippen molar-refractivity contribution in [3.05, 3.63) is 18.2 Å². The lowest BCUT2D eigenvalue weighted by atomic mass is 9.93. The number of imidazole rings is 1. The number of aryl methyl sites for hydroxylation is 2. The van der Waals surface area contributed by atoms with Gasteiger partial charge in [-0.25, -0.2) is 4.98 Å². The standard InChI is InChI=1S/C12H18N2O2/c1-14-9-8-13-11(14)5-4-10(15)12(16)6-2-3-7-12/h8-9,16H,2-7H2,1H3. The summed E-state index contributed by atoms with van der Waals surface area (Å²) in [6.45, 7) is 0. The Kier molecular flexibility index (Phi) is 3.10. The van der Waals surface area contributed by atoms with Gasteiger partial charge in [0.2, 0.25) is 0 Å². The lowest BCUT2D eigenvalue weighted by molar-refractivity contribution is -0.136. The molecule has 0 spiro atoms. The average Bonchev–Trinajstić information content (AvgIpc) is 2.85. The van der Waals surface area contributed by atoms with Crippen LogP contribution in [0.2, 0.25) is 0 Å². The Morgan fingerprint density at radius 3 is 2.81 bits per heavy atom. The molecule has 4 heteroatoms. The number of carbonyl (C=O) groups excluding carboxylic acids is 1. The van der Waals surface area contributed by atoms with Crippen molar-refractivity contribution in [2.24, 2.45) is 7.05 Å². The second kappa shape index (κ2) is 4.37. The van der Waals surface area contributed by atoms with E-state index in [-0.39, 0.29) is 5.78 Å². The topological polar surface area (TPSA) is 55.1 Å². The van der Waals surface area contributed by atoms with Gasteiger partial charge in [-0.1, -0.05) is 0 Å². The molecule has 1 saturated carbocycles. The number of aliphatic hydroxyl groups is 1. The van der Waals surface area contributed by atoms with Crippen molar-refractivity contribution in [1.29, 1.82) is 0 Å². The molecule has 1 aromatic rings. The van der Waals surface area contributed by atoms with Gasteiger partial charge in [-0.15, -0.1) is 0 Å². The van der Waals surface area contributed by atoms with Crippen LogP contribution in [0.1, 0.15) is 37.9 Å². The van der Waals surface area contributed by atoms with Crippen molar-refractivity contribution in [3.63, 3.8) is 0 Å². The number of aromatic nitrogens is 2. The number of Topliss-reactive ketones (excluding diaryl/α,β-unsaturated/α-hetero) is 1. The summed E-state index contributed by atoms with van der Waals surface area (Å²) in [6.07, 6.45) is 7.79. The van der Waals surface area contributed by atoms with Gasteiger partial charge in [0, 0.05) is 32.3 Å². The number of rotatable bonds is 4. The lowest BCUT2D eigenvalue weighted by Crippen LogP contribution is -2.35. The first-order valence-electron chi connectivity index (χ1n) is 5.84. The third-order valence-corrected chi connectivity index (χ3v) is 3.45. The highest BCUT2D eigenvalue weighted by atomic mass is 16.3. The molecule has 0 saturated heterocycles. The smallest absolute Gasteiger partial charge is 0.164 e. The van der Waals surface area contributed by atoms with E-state index in [0.29, 0.717) is 25.7 Å². The highest BCUT2D eigenvalue weighted by molar-refractivity contribution is 5.87. The van der Waals surface area contributed by atoms with Crippen LogP contribution in [0.5, 0.6) is 0 Å². The predicted octanol–water partition coefficient (Wildman–Crippen LogP) is 1.23. The summed E-state index contributed by atoms with van der Waals surface area (Å²) in [5.74, 6) is 0.878. The number of carbonyl (C=O) groups is 1. The maximum Gasteiger partial charge on any atom is 0.164 e. The molecule has 0 aromatic carbocycles.